The van der Waals surface area contributed by atoms with E-state index in [1.807, 2.05) is 0 Å². The molecule has 1 aliphatic heterocycles. The smallest absolute Gasteiger partial charge is 0.0624 e. The van der Waals surface area contributed by atoms with E-state index in [4.69, 9.17) is 0 Å². The molecule has 95 valence electrons. The Labute approximate surface area is 121 Å². The van der Waals surface area contributed by atoms with Crippen molar-refractivity contribution >= 4 is 24.4 Å². The molecule has 0 atom stereocenters. The van der Waals surface area contributed by atoms with Gasteiger partial charge in [-0.1, -0.05) is 84.0 Å². The Bertz CT molecular complexity index is 701. The fourth-order valence-electron chi connectivity index (χ4n) is 3.10. The Morgan fingerprint density at radius 2 is 1.05 bits per heavy atom. The molecule has 3 aromatic rings. The minimum absolute atomic E-state index is 0.839. The summed E-state index contributed by atoms with van der Waals surface area (Å²) in [4.78, 5) is 0. The molecule has 0 saturated carbocycles. The Morgan fingerprint density at radius 3 is 1.65 bits per heavy atom. The van der Waals surface area contributed by atoms with Crippen LogP contribution < -0.4 is 15.6 Å². The highest BCUT2D eigenvalue weighted by atomic mass is 28.3. The van der Waals surface area contributed by atoms with Crippen molar-refractivity contribution in [2.45, 2.75) is 6.42 Å². The molecule has 1 aliphatic rings. The molecule has 0 nitrogen and oxygen atoms in total. The molecule has 0 bridgehead atoms. The van der Waals surface area contributed by atoms with Gasteiger partial charge in [0.05, 0.1) is 0 Å². The maximum Gasteiger partial charge on any atom is 0.155 e. The lowest BCUT2D eigenvalue weighted by Crippen LogP contribution is -2.56. The molecule has 1 heterocycles. The first-order valence-electron chi connectivity index (χ1n) is 7.02. The van der Waals surface area contributed by atoms with Crippen LogP contribution in [0.5, 0.6) is 0 Å². The van der Waals surface area contributed by atoms with Gasteiger partial charge in [0.15, 0.2) is 8.80 Å². The van der Waals surface area contributed by atoms with Gasteiger partial charge in [0.25, 0.3) is 0 Å². The molecule has 1 radical (unpaired) electrons. The Kier molecular flexibility index (Phi) is 2.78. The molecule has 0 amide bonds. The normalized spacial score (nSPS) is 13.6. The number of benzene rings is 3. The zero-order chi connectivity index (χ0) is 13.4. The van der Waals surface area contributed by atoms with Gasteiger partial charge in [0.1, 0.15) is 0 Å². The average Bonchev–Trinajstić information content (AvgIpc) is 2.53. The maximum atomic E-state index is 2.33. The molecule has 0 N–H and O–H groups in total. The van der Waals surface area contributed by atoms with Crippen LogP contribution in [0.15, 0.2) is 78.9 Å². The lowest BCUT2D eigenvalue weighted by molar-refractivity contribution is 1.21. The molecule has 0 saturated heterocycles. The van der Waals surface area contributed by atoms with Gasteiger partial charge >= 0.3 is 0 Å². The zero-order valence-electron chi connectivity index (χ0n) is 11.2. The van der Waals surface area contributed by atoms with E-state index >= 15 is 0 Å². The van der Waals surface area contributed by atoms with Crippen LogP contribution >= 0.6 is 0 Å². The number of fused-ring (bicyclic) bond motifs is 2. The van der Waals surface area contributed by atoms with Crippen molar-refractivity contribution in [3.8, 4) is 0 Å². The van der Waals surface area contributed by atoms with E-state index in [2.05, 4.69) is 78.9 Å². The van der Waals surface area contributed by atoms with E-state index in [1.165, 1.54) is 16.3 Å². The quantitative estimate of drug-likeness (QED) is 0.465. The molecule has 0 aromatic heterocycles. The Balaban J connectivity index is 1.98. The average molecular weight is 271 g/mol. The van der Waals surface area contributed by atoms with Gasteiger partial charge in [0.2, 0.25) is 0 Å². The van der Waals surface area contributed by atoms with Crippen LogP contribution in [0, 0.1) is 0 Å². The third-order valence-electron chi connectivity index (χ3n) is 4.02. The van der Waals surface area contributed by atoms with E-state index in [0.29, 0.717) is 0 Å². The van der Waals surface area contributed by atoms with Crippen LogP contribution in [0.25, 0.3) is 0 Å². The lowest BCUT2D eigenvalue weighted by atomic mass is 10.0. The van der Waals surface area contributed by atoms with Crippen molar-refractivity contribution in [3.05, 3.63) is 90.0 Å². The largest absolute Gasteiger partial charge is 0.155 e. The molecule has 0 unspecified atom stereocenters. The van der Waals surface area contributed by atoms with E-state index in [-0.39, 0.29) is 0 Å². The Morgan fingerprint density at radius 1 is 0.550 bits per heavy atom. The number of hydrogen-bond acceptors (Lipinski definition) is 0. The van der Waals surface area contributed by atoms with E-state index in [9.17, 15) is 0 Å². The molecule has 4 rings (SSSR count). The predicted octanol–water partition coefficient (Wildman–Crippen LogP) is 2.11. The van der Waals surface area contributed by atoms with Gasteiger partial charge in [-0.05, 0) is 27.9 Å². The summed E-state index contributed by atoms with van der Waals surface area (Å²) in [5.41, 5.74) is 3.01. The van der Waals surface area contributed by atoms with Crippen LogP contribution in [0.1, 0.15) is 11.1 Å². The summed E-state index contributed by atoms with van der Waals surface area (Å²) >= 11 is 0. The maximum absolute atomic E-state index is 2.33. The van der Waals surface area contributed by atoms with Crippen molar-refractivity contribution in [1.82, 2.24) is 0 Å². The van der Waals surface area contributed by atoms with Crippen molar-refractivity contribution in [3.63, 3.8) is 0 Å². The molecule has 0 fully saturated rings. The molecule has 1 heteroatoms. The van der Waals surface area contributed by atoms with Crippen LogP contribution in [-0.4, -0.2) is 8.80 Å². The van der Waals surface area contributed by atoms with Gasteiger partial charge in [0, 0.05) is 0 Å². The van der Waals surface area contributed by atoms with Crippen molar-refractivity contribution in [2.75, 3.05) is 0 Å². The summed E-state index contributed by atoms with van der Waals surface area (Å²) in [5, 5.41) is 4.60. The van der Waals surface area contributed by atoms with Crippen LogP contribution in [0.3, 0.4) is 0 Å². The van der Waals surface area contributed by atoms with E-state index < -0.39 is 8.80 Å². The highest BCUT2D eigenvalue weighted by Crippen LogP contribution is 2.13. The summed E-state index contributed by atoms with van der Waals surface area (Å²) in [6, 6.07) is 28.9. The highest BCUT2D eigenvalue weighted by molar-refractivity contribution is 6.96. The molecule has 0 aliphatic carbocycles. The SMILES string of the molecule is c1ccc([Si]2c3ccccc3Cc3ccccc32)cc1. The molecular formula is C19H15Si. The standard InChI is InChI=1S/C19H15Si/c1-2-10-17(11-3-1)20-18-12-6-4-8-15(18)14-16-9-5-7-13-19(16)20/h1-13H,14H2. The van der Waals surface area contributed by atoms with Crippen LogP contribution in [0.4, 0.5) is 0 Å². The van der Waals surface area contributed by atoms with Crippen molar-refractivity contribution < 1.29 is 0 Å². The third kappa shape index (κ3) is 1.83. The summed E-state index contributed by atoms with van der Waals surface area (Å²) in [6.07, 6.45) is 1.08. The molecule has 0 spiro atoms. The van der Waals surface area contributed by atoms with Crippen LogP contribution in [0.2, 0.25) is 0 Å². The first-order chi connectivity index (χ1) is 9.93. The van der Waals surface area contributed by atoms with Gasteiger partial charge in [-0.2, -0.15) is 0 Å². The van der Waals surface area contributed by atoms with Gasteiger partial charge in [-0.25, -0.2) is 0 Å². The first kappa shape index (κ1) is 11.7. The second-order valence-corrected chi connectivity index (χ2v) is 7.64. The summed E-state index contributed by atoms with van der Waals surface area (Å²) in [5.74, 6) is 0. The molecule has 20 heavy (non-hydrogen) atoms. The zero-order valence-corrected chi connectivity index (χ0v) is 12.2. The summed E-state index contributed by atoms with van der Waals surface area (Å²) < 4.78 is 0. The molecular weight excluding hydrogens is 256 g/mol. The summed E-state index contributed by atoms with van der Waals surface area (Å²) in [7, 11) is -0.839. The fraction of sp³-hybridized carbons (Fsp3) is 0.0526. The van der Waals surface area contributed by atoms with Crippen LogP contribution in [-0.2, 0) is 6.42 Å². The monoisotopic (exact) mass is 271 g/mol. The second-order valence-electron chi connectivity index (χ2n) is 5.23. The van der Waals surface area contributed by atoms with Gasteiger partial charge in [-0.15, -0.1) is 0 Å². The highest BCUT2D eigenvalue weighted by Gasteiger charge is 2.27. The van der Waals surface area contributed by atoms with Crippen molar-refractivity contribution in [1.29, 1.82) is 0 Å². The van der Waals surface area contributed by atoms with E-state index in [0.717, 1.165) is 6.42 Å². The number of rotatable bonds is 1. The third-order valence-corrected chi connectivity index (χ3v) is 6.98. The number of hydrogen-bond donors (Lipinski definition) is 0. The molecule has 3 aromatic carbocycles. The van der Waals surface area contributed by atoms with E-state index in [1.54, 1.807) is 10.4 Å². The fourth-order valence-corrected chi connectivity index (χ4v) is 6.05. The van der Waals surface area contributed by atoms with Gasteiger partial charge in [-0.3, -0.25) is 0 Å². The predicted molar refractivity (Wildman–Crippen MR) is 86.8 cm³/mol. The second kappa shape index (κ2) is 4.77. The van der Waals surface area contributed by atoms with Crippen molar-refractivity contribution in [2.24, 2.45) is 0 Å². The first-order valence-corrected chi connectivity index (χ1v) is 8.52. The van der Waals surface area contributed by atoms with Gasteiger partial charge < -0.3 is 0 Å². The Hall–Kier alpha value is -2.12. The minimum atomic E-state index is -0.839. The lowest BCUT2D eigenvalue weighted by Gasteiger charge is -2.27. The summed E-state index contributed by atoms with van der Waals surface area (Å²) in [6.45, 7) is 0. The topological polar surface area (TPSA) is 0 Å². The minimum Gasteiger partial charge on any atom is -0.0624 e.